The molecule has 0 saturated heterocycles. The molecule has 0 saturated carbocycles. The van der Waals surface area contributed by atoms with Crippen LogP contribution in [0.15, 0.2) is 211 Å². The highest BCUT2D eigenvalue weighted by molar-refractivity contribution is 6.10. The van der Waals surface area contributed by atoms with Gasteiger partial charge in [-0.15, -0.1) is 0 Å². The first-order valence-electron chi connectivity index (χ1n) is 18.7. The molecule has 258 valence electrons. The Morgan fingerprint density at radius 2 is 0.873 bits per heavy atom. The van der Waals surface area contributed by atoms with Crippen molar-refractivity contribution in [2.24, 2.45) is 0 Å². The fraction of sp³-hybridized carbons (Fsp3) is 0. The zero-order valence-electron chi connectivity index (χ0n) is 29.9. The summed E-state index contributed by atoms with van der Waals surface area (Å²) in [5.41, 5.74) is 14.5. The van der Waals surface area contributed by atoms with E-state index in [2.05, 4.69) is 204 Å². The zero-order chi connectivity index (χ0) is 36.3. The highest BCUT2D eigenvalue weighted by atomic mass is 16.3. The van der Waals surface area contributed by atoms with Crippen molar-refractivity contribution in [1.82, 2.24) is 4.40 Å². The van der Waals surface area contributed by atoms with Gasteiger partial charge in [0.1, 0.15) is 11.2 Å². The second kappa shape index (κ2) is 12.6. The van der Waals surface area contributed by atoms with Gasteiger partial charge in [-0.25, -0.2) is 0 Å². The van der Waals surface area contributed by atoms with Crippen molar-refractivity contribution >= 4 is 66.2 Å². The maximum Gasteiger partial charge on any atom is 0.137 e. The molecule has 0 radical (unpaired) electrons. The molecule has 0 bridgehead atoms. The van der Waals surface area contributed by atoms with Gasteiger partial charge in [0.05, 0.1) is 11.0 Å². The zero-order valence-corrected chi connectivity index (χ0v) is 29.9. The van der Waals surface area contributed by atoms with Gasteiger partial charge >= 0.3 is 0 Å². The maximum absolute atomic E-state index is 6.42. The van der Waals surface area contributed by atoms with Crippen molar-refractivity contribution in [3.8, 4) is 33.4 Å². The van der Waals surface area contributed by atoms with Crippen LogP contribution in [0.3, 0.4) is 0 Å². The number of benzene rings is 8. The van der Waals surface area contributed by atoms with E-state index in [0.717, 1.165) is 44.5 Å². The van der Waals surface area contributed by atoms with Crippen molar-refractivity contribution in [1.29, 1.82) is 0 Å². The second-order valence-electron chi connectivity index (χ2n) is 14.2. The number of hydrogen-bond donors (Lipinski definition) is 0. The first kappa shape index (κ1) is 31.2. The molecule has 8 aromatic carbocycles. The molecule has 0 spiro atoms. The summed E-state index contributed by atoms with van der Waals surface area (Å²) >= 11 is 0. The lowest BCUT2D eigenvalue weighted by atomic mass is 10.00. The number of nitrogens with zero attached hydrogens (tertiary/aromatic N) is 2. The molecule has 11 aromatic rings. The van der Waals surface area contributed by atoms with Crippen LogP contribution < -0.4 is 4.90 Å². The van der Waals surface area contributed by atoms with Crippen LogP contribution in [0, 0.1) is 0 Å². The predicted molar refractivity (Wildman–Crippen MR) is 231 cm³/mol. The summed E-state index contributed by atoms with van der Waals surface area (Å²) in [7, 11) is 0. The molecule has 3 heterocycles. The van der Waals surface area contributed by atoms with Crippen LogP contribution in [0.4, 0.5) is 17.1 Å². The number of aromatic nitrogens is 1. The Labute approximate surface area is 318 Å². The van der Waals surface area contributed by atoms with Crippen molar-refractivity contribution in [3.63, 3.8) is 0 Å². The summed E-state index contributed by atoms with van der Waals surface area (Å²) in [5, 5.41) is 5.88. The van der Waals surface area contributed by atoms with Gasteiger partial charge in [-0.2, -0.15) is 0 Å². The van der Waals surface area contributed by atoms with E-state index in [-0.39, 0.29) is 0 Å². The van der Waals surface area contributed by atoms with Gasteiger partial charge in [0.25, 0.3) is 0 Å². The number of anilines is 3. The molecule has 0 aliphatic heterocycles. The molecule has 3 aromatic heterocycles. The smallest absolute Gasteiger partial charge is 0.137 e. The minimum absolute atomic E-state index is 0.867. The lowest BCUT2D eigenvalue weighted by Gasteiger charge is -2.26. The minimum atomic E-state index is 0.867. The molecule has 3 nitrogen and oxygen atoms in total. The molecule has 0 atom stereocenters. The maximum atomic E-state index is 6.42. The number of rotatable bonds is 6. The number of pyridine rings is 1. The number of furan rings is 1. The third-order valence-corrected chi connectivity index (χ3v) is 11.0. The van der Waals surface area contributed by atoms with E-state index in [1.807, 2.05) is 12.1 Å². The van der Waals surface area contributed by atoms with E-state index in [1.54, 1.807) is 0 Å². The summed E-state index contributed by atoms with van der Waals surface area (Å²) < 4.78 is 8.79. The summed E-state index contributed by atoms with van der Waals surface area (Å²) in [6.07, 6.45) is 2.28. The molecule has 0 aliphatic carbocycles. The summed E-state index contributed by atoms with van der Waals surface area (Å²) in [5.74, 6) is 0. The molecule has 0 amide bonds. The third kappa shape index (κ3) is 5.28. The lowest BCUT2D eigenvalue weighted by molar-refractivity contribution is 0.669. The quantitative estimate of drug-likeness (QED) is 0.172. The standard InChI is InChI=1S/C52H34N2O/c1-3-11-35(12-4-1)36-19-21-37(22-20-36)38-23-25-42(26-24-38)54(44-27-29-46-45-17-9-10-18-50(45)55-51(46)33-44)43-28-30-47-48(32-43)53-34-41-16-8-7-15-40(41)31-49(53)52(47)39-13-5-2-6-14-39/h1-34H. The number of fused-ring (bicyclic) bond motifs is 7. The Balaban J connectivity index is 1.08. The first-order valence-corrected chi connectivity index (χ1v) is 18.7. The van der Waals surface area contributed by atoms with Gasteiger partial charge in [0.15, 0.2) is 0 Å². The minimum Gasteiger partial charge on any atom is -0.456 e. The summed E-state index contributed by atoms with van der Waals surface area (Å²) in [6, 6.07) is 71.7. The Hall–Kier alpha value is -7.36. The van der Waals surface area contributed by atoms with Crippen LogP contribution in [-0.2, 0) is 0 Å². The average Bonchev–Trinajstić information content (AvgIpc) is 3.78. The Morgan fingerprint density at radius 3 is 1.60 bits per heavy atom. The number of para-hydroxylation sites is 1. The molecule has 0 fully saturated rings. The van der Waals surface area contributed by atoms with Gasteiger partial charge in [-0.3, -0.25) is 0 Å². The lowest BCUT2D eigenvalue weighted by Crippen LogP contribution is -2.10. The largest absolute Gasteiger partial charge is 0.456 e. The Kier molecular flexibility index (Phi) is 7.17. The Morgan fingerprint density at radius 1 is 0.345 bits per heavy atom. The van der Waals surface area contributed by atoms with Crippen LogP contribution in [0.1, 0.15) is 0 Å². The molecule has 11 rings (SSSR count). The summed E-state index contributed by atoms with van der Waals surface area (Å²) in [6.45, 7) is 0. The molecular formula is C52H34N2O. The van der Waals surface area contributed by atoms with Crippen LogP contribution in [0.2, 0.25) is 0 Å². The molecule has 55 heavy (non-hydrogen) atoms. The van der Waals surface area contributed by atoms with Gasteiger partial charge in [0.2, 0.25) is 0 Å². The summed E-state index contributed by atoms with van der Waals surface area (Å²) in [4.78, 5) is 2.34. The van der Waals surface area contributed by atoms with Crippen molar-refractivity contribution in [2.75, 3.05) is 4.90 Å². The predicted octanol–water partition coefficient (Wildman–Crippen LogP) is 14.6. The van der Waals surface area contributed by atoms with Crippen LogP contribution in [-0.4, -0.2) is 4.40 Å². The topological polar surface area (TPSA) is 20.8 Å². The van der Waals surface area contributed by atoms with Gasteiger partial charge in [0, 0.05) is 51.0 Å². The van der Waals surface area contributed by atoms with Gasteiger partial charge in [-0.1, -0.05) is 146 Å². The van der Waals surface area contributed by atoms with Crippen LogP contribution >= 0.6 is 0 Å². The molecule has 3 heteroatoms. The monoisotopic (exact) mass is 702 g/mol. The third-order valence-electron chi connectivity index (χ3n) is 11.0. The van der Waals surface area contributed by atoms with E-state index in [1.165, 1.54) is 55.1 Å². The highest BCUT2D eigenvalue weighted by Crippen LogP contribution is 2.43. The first-order chi connectivity index (χ1) is 27.2. The van der Waals surface area contributed by atoms with Crippen molar-refractivity contribution in [3.05, 3.63) is 206 Å². The van der Waals surface area contributed by atoms with E-state index < -0.39 is 0 Å². The molecular weight excluding hydrogens is 669 g/mol. The van der Waals surface area contributed by atoms with E-state index >= 15 is 0 Å². The van der Waals surface area contributed by atoms with Crippen LogP contribution in [0.25, 0.3) is 82.5 Å². The van der Waals surface area contributed by atoms with Crippen molar-refractivity contribution < 1.29 is 4.42 Å². The second-order valence-corrected chi connectivity index (χ2v) is 14.2. The fourth-order valence-corrected chi connectivity index (χ4v) is 8.28. The van der Waals surface area contributed by atoms with E-state index in [4.69, 9.17) is 4.42 Å². The number of hydrogen-bond acceptors (Lipinski definition) is 2. The Bertz CT molecular complexity index is 3180. The fourth-order valence-electron chi connectivity index (χ4n) is 8.28. The molecule has 0 unspecified atom stereocenters. The van der Waals surface area contributed by atoms with Gasteiger partial charge in [-0.05, 0) is 87.1 Å². The normalized spacial score (nSPS) is 11.6. The van der Waals surface area contributed by atoms with E-state index in [0.29, 0.717) is 0 Å². The van der Waals surface area contributed by atoms with Gasteiger partial charge < -0.3 is 13.7 Å². The highest BCUT2D eigenvalue weighted by Gasteiger charge is 2.20. The molecule has 0 aliphatic rings. The average molecular weight is 703 g/mol. The van der Waals surface area contributed by atoms with E-state index in [9.17, 15) is 0 Å². The molecule has 0 N–H and O–H groups in total. The van der Waals surface area contributed by atoms with Crippen LogP contribution in [0.5, 0.6) is 0 Å². The SMILES string of the molecule is c1ccc(-c2ccc(-c3ccc(N(c4ccc5c(c4)oc4ccccc45)c4ccc5c(-c6ccccc6)c6cc7ccccc7cn6c5c4)cc3)cc2)cc1. The van der Waals surface area contributed by atoms with Crippen molar-refractivity contribution in [2.45, 2.75) is 0 Å².